The Bertz CT molecular complexity index is 106. The van der Waals surface area contributed by atoms with Gasteiger partial charge in [-0.3, -0.25) is 0 Å². The van der Waals surface area contributed by atoms with Crippen LogP contribution < -0.4 is 0 Å². The highest BCUT2D eigenvalue weighted by Gasteiger charge is 2.24. The minimum Gasteiger partial charge on any atom is -0.241 e. The van der Waals surface area contributed by atoms with Crippen LogP contribution in [0.25, 0.3) is 0 Å². The molecule has 0 aromatic heterocycles. The van der Waals surface area contributed by atoms with Crippen LogP contribution in [-0.2, 0) is 0 Å². The predicted molar refractivity (Wildman–Crippen MR) is 51.1 cm³/mol. The highest BCUT2D eigenvalue weighted by molar-refractivity contribution is 8.67. The minimum absolute atomic E-state index is 0.838. The van der Waals surface area contributed by atoms with Crippen molar-refractivity contribution in [3.05, 3.63) is 0 Å². The van der Waals surface area contributed by atoms with Gasteiger partial charge in [-0.15, -0.1) is 0 Å². The van der Waals surface area contributed by atoms with Crippen molar-refractivity contribution in [1.29, 1.82) is 0 Å². The molecular formula is C7H15NS2. The lowest BCUT2D eigenvalue weighted by Crippen LogP contribution is -2.13. The van der Waals surface area contributed by atoms with E-state index in [1.54, 1.807) is 11.0 Å². The van der Waals surface area contributed by atoms with E-state index in [2.05, 4.69) is 29.8 Å². The molecule has 0 amide bonds. The van der Waals surface area contributed by atoms with E-state index in [4.69, 9.17) is 0 Å². The molecule has 1 aliphatic heterocycles. The Labute approximate surface area is 72.5 Å². The number of thiol groups is 1. The van der Waals surface area contributed by atoms with Crippen molar-refractivity contribution in [2.45, 2.75) is 20.3 Å². The standard InChI is InChI=1S/C7H15NS2/c1-6(2)7-3-4-8(5-7)10-9/h6-7,9H,3-5H2,1-2H3. The SMILES string of the molecule is CC(C)C1CCN(SS)C1. The van der Waals surface area contributed by atoms with Gasteiger partial charge >= 0.3 is 0 Å². The second-order valence-electron chi connectivity index (χ2n) is 3.26. The fourth-order valence-electron chi connectivity index (χ4n) is 1.37. The summed E-state index contributed by atoms with van der Waals surface area (Å²) < 4.78 is 2.33. The van der Waals surface area contributed by atoms with Gasteiger partial charge in [-0.1, -0.05) is 25.5 Å². The quantitative estimate of drug-likeness (QED) is 0.392. The first kappa shape index (κ1) is 8.75. The monoisotopic (exact) mass is 177 g/mol. The molecule has 1 nitrogen and oxygen atoms in total. The lowest BCUT2D eigenvalue weighted by atomic mass is 9.96. The number of hydrogen-bond acceptors (Lipinski definition) is 3. The van der Waals surface area contributed by atoms with E-state index in [-0.39, 0.29) is 0 Å². The molecule has 1 unspecified atom stereocenters. The molecule has 1 aliphatic rings. The van der Waals surface area contributed by atoms with E-state index in [0.29, 0.717) is 0 Å². The average Bonchev–Trinajstić information content (AvgIpc) is 2.34. The topological polar surface area (TPSA) is 3.24 Å². The first-order valence-corrected chi connectivity index (χ1v) is 5.63. The molecule has 3 heteroatoms. The molecule has 1 fully saturated rings. The van der Waals surface area contributed by atoms with Gasteiger partial charge in [0.05, 0.1) is 0 Å². The molecule has 60 valence electrons. The average molecular weight is 177 g/mol. The van der Waals surface area contributed by atoms with Crippen molar-refractivity contribution in [3.8, 4) is 0 Å². The first-order chi connectivity index (χ1) is 4.74. The highest BCUT2D eigenvalue weighted by Crippen LogP contribution is 2.29. The first-order valence-electron chi connectivity index (χ1n) is 3.80. The number of rotatable bonds is 2. The summed E-state index contributed by atoms with van der Waals surface area (Å²) in [5, 5.41) is 0. The van der Waals surface area contributed by atoms with E-state index in [1.165, 1.54) is 19.5 Å². The van der Waals surface area contributed by atoms with Crippen LogP contribution in [0.15, 0.2) is 0 Å². The summed E-state index contributed by atoms with van der Waals surface area (Å²) in [5.74, 6) is 1.74. The number of hydrogen-bond donors (Lipinski definition) is 1. The third-order valence-corrected chi connectivity index (χ3v) is 3.50. The van der Waals surface area contributed by atoms with E-state index < -0.39 is 0 Å². The third-order valence-electron chi connectivity index (χ3n) is 2.25. The van der Waals surface area contributed by atoms with Gasteiger partial charge in [0.15, 0.2) is 0 Å². The molecule has 0 bridgehead atoms. The van der Waals surface area contributed by atoms with Crippen LogP contribution in [0.1, 0.15) is 20.3 Å². The fourth-order valence-corrected chi connectivity index (χ4v) is 2.26. The fraction of sp³-hybridized carbons (Fsp3) is 1.00. The van der Waals surface area contributed by atoms with Crippen LogP contribution in [0.5, 0.6) is 0 Å². The highest BCUT2D eigenvalue weighted by atomic mass is 33.1. The van der Waals surface area contributed by atoms with E-state index >= 15 is 0 Å². The summed E-state index contributed by atoms with van der Waals surface area (Å²) in [5.41, 5.74) is 0. The summed E-state index contributed by atoms with van der Waals surface area (Å²) in [6, 6.07) is 0. The van der Waals surface area contributed by atoms with Crippen LogP contribution >= 0.6 is 22.6 Å². The van der Waals surface area contributed by atoms with E-state index in [1.807, 2.05) is 0 Å². The zero-order valence-electron chi connectivity index (χ0n) is 6.58. The largest absolute Gasteiger partial charge is 0.241 e. The summed E-state index contributed by atoms with van der Waals surface area (Å²) in [7, 11) is 1.58. The Kier molecular flexibility index (Phi) is 3.40. The molecule has 0 spiro atoms. The second kappa shape index (κ2) is 3.88. The van der Waals surface area contributed by atoms with Crippen LogP contribution in [0.2, 0.25) is 0 Å². The van der Waals surface area contributed by atoms with Gasteiger partial charge in [-0.05, 0) is 29.2 Å². The molecule has 0 N–H and O–H groups in total. The van der Waals surface area contributed by atoms with Gasteiger partial charge in [0.25, 0.3) is 0 Å². The van der Waals surface area contributed by atoms with E-state index in [9.17, 15) is 0 Å². The maximum absolute atomic E-state index is 4.17. The van der Waals surface area contributed by atoms with Crippen LogP contribution in [-0.4, -0.2) is 17.4 Å². The van der Waals surface area contributed by atoms with Crippen molar-refractivity contribution in [1.82, 2.24) is 4.31 Å². The molecular weight excluding hydrogens is 162 g/mol. The Morgan fingerprint density at radius 3 is 2.60 bits per heavy atom. The zero-order valence-corrected chi connectivity index (χ0v) is 8.29. The predicted octanol–water partition coefficient (Wildman–Crippen LogP) is 2.46. The molecule has 1 rings (SSSR count). The number of nitrogens with zero attached hydrogens (tertiary/aromatic N) is 1. The van der Waals surface area contributed by atoms with Crippen molar-refractivity contribution in [2.75, 3.05) is 13.1 Å². The minimum atomic E-state index is 0.838. The Morgan fingerprint density at radius 2 is 2.30 bits per heavy atom. The van der Waals surface area contributed by atoms with Crippen molar-refractivity contribution in [3.63, 3.8) is 0 Å². The second-order valence-corrected chi connectivity index (χ2v) is 4.43. The van der Waals surface area contributed by atoms with Crippen LogP contribution in [0, 0.1) is 11.8 Å². The van der Waals surface area contributed by atoms with Crippen LogP contribution in [0.3, 0.4) is 0 Å². The van der Waals surface area contributed by atoms with Gasteiger partial charge in [0.1, 0.15) is 0 Å². The molecule has 0 aromatic rings. The van der Waals surface area contributed by atoms with Gasteiger partial charge in [-0.2, -0.15) is 0 Å². The lowest BCUT2D eigenvalue weighted by Gasteiger charge is -2.13. The Hall–Kier alpha value is 0.660. The van der Waals surface area contributed by atoms with Gasteiger partial charge in [-0.25, -0.2) is 4.31 Å². The summed E-state index contributed by atoms with van der Waals surface area (Å²) in [6.45, 7) is 7.05. The molecule has 10 heavy (non-hydrogen) atoms. The zero-order chi connectivity index (χ0) is 7.56. The third kappa shape index (κ3) is 2.07. The molecule has 1 heterocycles. The van der Waals surface area contributed by atoms with Crippen LogP contribution in [0.4, 0.5) is 0 Å². The molecule has 0 aliphatic carbocycles. The Morgan fingerprint density at radius 1 is 1.60 bits per heavy atom. The van der Waals surface area contributed by atoms with Crippen molar-refractivity contribution >= 4 is 22.6 Å². The molecule has 0 saturated carbocycles. The molecule has 0 aromatic carbocycles. The Balaban J connectivity index is 2.28. The van der Waals surface area contributed by atoms with Gasteiger partial charge in [0.2, 0.25) is 0 Å². The van der Waals surface area contributed by atoms with Crippen molar-refractivity contribution < 1.29 is 0 Å². The van der Waals surface area contributed by atoms with Gasteiger partial charge in [0, 0.05) is 13.1 Å². The molecule has 1 saturated heterocycles. The maximum Gasteiger partial charge on any atom is 0.0128 e. The summed E-state index contributed by atoms with van der Waals surface area (Å²) in [6.07, 6.45) is 1.35. The molecule has 1 atom stereocenters. The lowest BCUT2D eigenvalue weighted by molar-refractivity contribution is 0.401. The maximum atomic E-state index is 4.17. The summed E-state index contributed by atoms with van der Waals surface area (Å²) >= 11 is 4.17. The summed E-state index contributed by atoms with van der Waals surface area (Å²) in [4.78, 5) is 0. The molecule has 0 radical (unpaired) electrons. The van der Waals surface area contributed by atoms with E-state index in [0.717, 1.165) is 11.8 Å². The normalized spacial score (nSPS) is 28.2. The van der Waals surface area contributed by atoms with Crippen molar-refractivity contribution in [2.24, 2.45) is 11.8 Å². The smallest absolute Gasteiger partial charge is 0.0128 e. The van der Waals surface area contributed by atoms with Gasteiger partial charge < -0.3 is 0 Å².